The van der Waals surface area contributed by atoms with Gasteiger partial charge in [0.25, 0.3) is 0 Å². The minimum atomic E-state index is -0.479. The number of esters is 1. The van der Waals surface area contributed by atoms with Gasteiger partial charge in [0.1, 0.15) is 12.0 Å². The Morgan fingerprint density at radius 2 is 1.61 bits per heavy atom. The van der Waals surface area contributed by atoms with Gasteiger partial charge in [0.05, 0.1) is 4.91 Å². The van der Waals surface area contributed by atoms with Gasteiger partial charge in [0.2, 0.25) is 5.78 Å². The van der Waals surface area contributed by atoms with Crippen molar-refractivity contribution in [2.45, 2.75) is 11.8 Å². The van der Waals surface area contributed by atoms with Crippen LogP contribution in [0, 0.1) is 0 Å². The van der Waals surface area contributed by atoms with Crippen molar-refractivity contribution in [3.63, 3.8) is 0 Å². The Labute approximate surface area is 139 Å². The summed E-state index contributed by atoms with van der Waals surface area (Å²) in [5.74, 6) is -0.130. The SMILES string of the molecule is CC(=O)O/C=C(\Sc1ccccc1)C(=O)COc1ccccc1. The Morgan fingerprint density at radius 1 is 1.00 bits per heavy atom. The third-order valence-electron chi connectivity index (χ3n) is 2.69. The topological polar surface area (TPSA) is 52.6 Å². The van der Waals surface area contributed by atoms with Gasteiger partial charge >= 0.3 is 5.97 Å². The Balaban J connectivity index is 2.05. The van der Waals surface area contributed by atoms with Crippen molar-refractivity contribution in [3.8, 4) is 5.75 Å². The molecule has 0 aromatic heterocycles. The second kappa shape index (κ2) is 8.80. The minimum Gasteiger partial charge on any atom is -0.485 e. The first-order valence-corrected chi connectivity index (χ1v) is 7.78. The second-order valence-corrected chi connectivity index (χ2v) is 5.65. The third kappa shape index (κ3) is 6.00. The van der Waals surface area contributed by atoms with E-state index < -0.39 is 5.97 Å². The number of hydrogen-bond acceptors (Lipinski definition) is 5. The molecular weight excluding hydrogens is 312 g/mol. The first-order chi connectivity index (χ1) is 11.1. The summed E-state index contributed by atoms with van der Waals surface area (Å²) in [6.45, 7) is 1.16. The molecule has 2 aromatic rings. The molecule has 0 unspecified atom stereocenters. The first-order valence-electron chi connectivity index (χ1n) is 6.96. The van der Waals surface area contributed by atoms with Crippen LogP contribution in [0.1, 0.15) is 6.92 Å². The van der Waals surface area contributed by atoms with Crippen molar-refractivity contribution in [1.82, 2.24) is 0 Å². The highest BCUT2D eigenvalue weighted by molar-refractivity contribution is 8.04. The molecule has 0 atom stereocenters. The second-order valence-electron chi connectivity index (χ2n) is 4.53. The molecule has 5 heteroatoms. The molecule has 0 amide bonds. The van der Waals surface area contributed by atoms with Crippen LogP contribution in [-0.2, 0) is 14.3 Å². The van der Waals surface area contributed by atoms with E-state index in [1.165, 1.54) is 24.9 Å². The van der Waals surface area contributed by atoms with Gasteiger partial charge in [-0.15, -0.1) is 0 Å². The van der Waals surface area contributed by atoms with E-state index in [0.29, 0.717) is 10.7 Å². The highest BCUT2D eigenvalue weighted by atomic mass is 32.2. The molecule has 0 radical (unpaired) electrons. The number of para-hydroxylation sites is 1. The molecule has 0 saturated heterocycles. The number of rotatable bonds is 7. The van der Waals surface area contributed by atoms with E-state index in [9.17, 15) is 9.59 Å². The van der Waals surface area contributed by atoms with Crippen molar-refractivity contribution in [2.24, 2.45) is 0 Å². The predicted molar refractivity (Wildman–Crippen MR) is 89.1 cm³/mol. The van der Waals surface area contributed by atoms with E-state index in [1.807, 2.05) is 48.5 Å². The molecular formula is C18H16O4S. The molecule has 0 aliphatic carbocycles. The molecule has 118 valence electrons. The van der Waals surface area contributed by atoms with Gasteiger partial charge in [-0.1, -0.05) is 48.2 Å². The van der Waals surface area contributed by atoms with Crippen LogP contribution in [0.3, 0.4) is 0 Å². The number of Topliss-reactive ketones (excluding diaryl/α,β-unsaturated/α-hetero) is 1. The number of hydrogen-bond donors (Lipinski definition) is 0. The van der Waals surface area contributed by atoms with E-state index in [1.54, 1.807) is 12.1 Å². The molecule has 0 N–H and O–H groups in total. The molecule has 0 heterocycles. The van der Waals surface area contributed by atoms with Crippen LogP contribution in [0.15, 0.2) is 76.7 Å². The number of ether oxygens (including phenoxy) is 2. The summed E-state index contributed by atoms with van der Waals surface area (Å²) in [6.07, 6.45) is 1.18. The number of ketones is 1. The molecule has 0 fully saturated rings. The van der Waals surface area contributed by atoms with Crippen LogP contribution in [0.2, 0.25) is 0 Å². The van der Waals surface area contributed by atoms with E-state index >= 15 is 0 Å². The highest BCUT2D eigenvalue weighted by Gasteiger charge is 2.14. The fourth-order valence-electron chi connectivity index (χ4n) is 1.64. The lowest BCUT2D eigenvalue weighted by atomic mass is 10.3. The molecule has 4 nitrogen and oxygen atoms in total. The lowest BCUT2D eigenvalue weighted by Gasteiger charge is -2.08. The summed E-state index contributed by atoms with van der Waals surface area (Å²) in [6, 6.07) is 18.4. The summed E-state index contributed by atoms with van der Waals surface area (Å²) in [4.78, 5) is 24.5. The Morgan fingerprint density at radius 3 is 2.22 bits per heavy atom. The van der Waals surface area contributed by atoms with E-state index in [0.717, 1.165) is 4.90 Å². The van der Waals surface area contributed by atoms with Gasteiger partial charge in [-0.05, 0) is 24.3 Å². The van der Waals surface area contributed by atoms with E-state index in [-0.39, 0.29) is 12.4 Å². The fourth-order valence-corrected chi connectivity index (χ4v) is 2.45. The number of carbonyl (C=O) groups excluding carboxylic acids is 2. The molecule has 2 rings (SSSR count). The van der Waals surface area contributed by atoms with Crippen LogP contribution in [0.25, 0.3) is 0 Å². The summed E-state index contributed by atoms with van der Waals surface area (Å²) >= 11 is 1.23. The summed E-state index contributed by atoms with van der Waals surface area (Å²) < 4.78 is 10.3. The summed E-state index contributed by atoms with van der Waals surface area (Å²) in [5.41, 5.74) is 0. The molecule has 0 spiro atoms. The smallest absolute Gasteiger partial charge is 0.307 e. The van der Waals surface area contributed by atoms with E-state index in [2.05, 4.69) is 0 Å². The monoisotopic (exact) mass is 328 g/mol. The van der Waals surface area contributed by atoms with Crippen LogP contribution >= 0.6 is 11.8 Å². The lowest BCUT2D eigenvalue weighted by molar-refractivity contribution is -0.135. The maximum absolute atomic E-state index is 12.3. The van der Waals surface area contributed by atoms with Crippen LogP contribution < -0.4 is 4.74 Å². The molecule has 2 aromatic carbocycles. The van der Waals surface area contributed by atoms with Gasteiger partial charge in [-0.3, -0.25) is 9.59 Å². The summed E-state index contributed by atoms with van der Waals surface area (Å²) in [5, 5.41) is 0. The van der Waals surface area contributed by atoms with Crippen molar-refractivity contribution < 1.29 is 19.1 Å². The van der Waals surface area contributed by atoms with E-state index in [4.69, 9.17) is 9.47 Å². The number of carbonyl (C=O) groups is 2. The van der Waals surface area contributed by atoms with Crippen molar-refractivity contribution in [3.05, 3.63) is 71.8 Å². The third-order valence-corrected chi connectivity index (χ3v) is 3.74. The summed E-state index contributed by atoms with van der Waals surface area (Å²) in [7, 11) is 0. The predicted octanol–water partition coefficient (Wildman–Crippen LogP) is 3.83. The van der Waals surface area contributed by atoms with Crippen LogP contribution in [0.5, 0.6) is 5.75 Å². The zero-order valence-corrected chi connectivity index (χ0v) is 13.4. The highest BCUT2D eigenvalue weighted by Crippen LogP contribution is 2.27. The van der Waals surface area contributed by atoms with Gasteiger partial charge in [-0.2, -0.15) is 0 Å². The van der Waals surface area contributed by atoms with Crippen molar-refractivity contribution in [2.75, 3.05) is 6.61 Å². The molecule has 23 heavy (non-hydrogen) atoms. The quantitative estimate of drug-likeness (QED) is 0.335. The zero-order valence-electron chi connectivity index (χ0n) is 12.6. The van der Waals surface area contributed by atoms with Crippen LogP contribution in [-0.4, -0.2) is 18.4 Å². The van der Waals surface area contributed by atoms with Gasteiger partial charge in [-0.25, -0.2) is 0 Å². The maximum atomic E-state index is 12.3. The lowest BCUT2D eigenvalue weighted by Crippen LogP contribution is -2.13. The van der Waals surface area contributed by atoms with Gasteiger partial charge < -0.3 is 9.47 Å². The average molecular weight is 328 g/mol. The molecule has 0 saturated carbocycles. The van der Waals surface area contributed by atoms with Crippen molar-refractivity contribution in [1.29, 1.82) is 0 Å². The number of benzene rings is 2. The largest absolute Gasteiger partial charge is 0.485 e. The normalized spacial score (nSPS) is 10.9. The minimum absolute atomic E-state index is 0.128. The first kappa shape index (κ1) is 16.8. The maximum Gasteiger partial charge on any atom is 0.307 e. The fraction of sp³-hybridized carbons (Fsp3) is 0.111. The Hall–Kier alpha value is -2.53. The van der Waals surface area contributed by atoms with Crippen LogP contribution in [0.4, 0.5) is 0 Å². The average Bonchev–Trinajstić information content (AvgIpc) is 2.58. The van der Waals surface area contributed by atoms with Gasteiger partial charge in [0, 0.05) is 11.8 Å². The number of thioether (sulfide) groups is 1. The Kier molecular flexibility index (Phi) is 6.44. The Bertz CT molecular complexity index is 681. The molecule has 0 bridgehead atoms. The standard InChI is InChI=1S/C18H16O4S/c1-14(19)21-13-18(23-16-10-6-3-7-11-16)17(20)12-22-15-8-4-2-5-9-15/h2-11,13H,12H2,1H3/b18-13-. The van der Waals surface area contributed by atoms with Gasteiger partial charge in [0.15, 0.2) is 6.61 Å². The molecule has 0 aliphatic rings. The zero-order chi connectivity index (χ0) is 16.5. The molecule has 0 aliphatic heterocycles. The van der Waals surface area contributed by atoms with Crippen molar-refractivity contribution >= 4 is 23.5 Å².